The molecule has 2 aliphatic heterocycles. The monoisotopic (exact) mass is 378 g/mol. The summed E-state index contributed by atoms with van der Waals surface area (Å²) in [5.74, 6) is -1.04. The number of carbonyl (C=O) groups is 2. The largest absolute Gasteiger partial charge is 0.481 e. The third-order valence-electron chi connectivity index (χ3n) is 6.44. The summed E-state index contributed by atoms with van der Waals surface area (Å²) in [6.45, 7) is 0. The average molecular weight is 378 g/mol. The summed E-state index contributed by atoms with van der Waals surface area (Å²) in [4.78, 5) is 23.0. The lowest BCUT2D eigenvalue weighted by atomic mass is 9.55. The van der Waals surface area contributed by atoms with Crippen molar-refractivity contribution in [2.45, 2.75) is 49.9 Å². The number of fused-ring (bicyclic) bond motifs is 3. The van der Waals surface area contributed by atoms with Gasteiger partial charge in [0.05, 0.1) is 5.92 Å². The summed E-state index contributed by atoms with van der Waals surface area (Å²) in [6, 6.07) is 9.34. The Kier molecular flexibility index (Phi) is 5.60. The van der Waals surface area contributed by atoms with Gasteiger partial charge < -0.3 is 15.5 Å². The van der Waals surface area contributed by atoms with Gasteiger partial charge in [-0.15, -0.1) is 0 Å². The highest BCUT2D eigenvalue weighted by atomic mass is 32.1. The molecule has 0 aromatic heterocycles. The first-order valence-corrected chi connectivity index (χ1v) is 9.64. The number of nitrogens with one attached hydrogen (secondary N) is 2. The van der Waals surface area contributed by atoms with E-state index < -0.39 is 29.1 Å². The predicted molar refractivity (Wildman–Crippen MR) is 101 cm³/mol. The SMILES string of the molecule is O=CNC(CS)C12CCC(C(Cc3ccccc3)C(=O)O)(CC1)NC2O. The summed E-state index contributed by atoms with van der Waals surface area (Å²) < 4.78 is 0. The van der Waals surface area contributed by atoms with Crippen molar-refractivity contribution in [3.8, 4) is 0 Å². The van der Waals surface area contributed by atoms with Crippen molar-refractivity contribution in [3.05, 3.63) is 35.9 Å². The summed E-state index contributed by atoms with van der Waals surface area (Å²) in [5.41, 5.74) is -0.158. The molecule has 7 heteroatoms. The van der Waals surface area contributed by atoms with Gasteiger partial charge in [0.2, 0.25) is 6.41 Å². The number of amides is 1. The molecule has 1 saturated carbocycles. The van der Waals surface area contributed by atoms with E-state index in [2.05, 4.69) is 23.3 Å². The van der Waals surface area contributed by atoms with Crippen LogP contribution in [0.5, 0.6) is 0 Å². The first-order valence-electron chi connectivity index (χ1n) is 9.00. The number of hydrogen-bond donors (Lipinski definition) is 5. The van der Waals surface area contributed by atoms with E-state index in [-0.39, 0.29) is 6.04 Å². The Morgan fingerprint density at radius 1 is 1.31 bits per heavy atom. The Morgan fingerprint density at radius 2 is 1.96 bits per heavy atom. The number of thiol groups is 1. The van der Waals surface area contributed by atoms with Gasteiger partial charge >= 0.3 is 5.97 Å². The predicted octanol–water partition coefficient (Wildman–Crippen LogP) is 1.20. The Balaban J connectivity index is 1.84. The van der Waals surface area contributed by atoms with Gasteiger partial charge in [-0.05, 0) is 37.7 Å². The Labute approximate surface area is 158 Å². The fourth-order valence-corrected chi connectivity index (χ4v) is 5.30. The smallest absolute Gasteiger partial charge is 0.308 e. The molecule has 3 unspecified atom stereocenters. The second kappa shape index (κ2) is 7.58. The molecule has 2 heterocycles. The first kappa shape index (κ1) is 19.2. The molecule has 6 nitrogen and oxygen atoms in total. The van der Waals surface area contributed by atoms with Crippen molar-refractivity contribution in [2.75, 3.05) is 5.75 Å². The molecule has 1 aliphatic carbocycles. The van der Waals surface area contributed by atoms with Gasteiger partial charge in [0.15, 0.2) is 0 Å². The maximum Gasteiger partial charge on any atom is 0.308 e. The van der Waals surface area contributed by atoms with E-state index in [0.717, 1.165) is 5.56 Å². The van der Waals surface area contributed by atoms with Gasteiger partial charge in [0.25, 0.3) is 0 Å². The van der Waals surface area contributed by atoms with Gasteiger partial charge in [-0.1, -0.05) is 30.3 Å². The number of hydrogen-bond acceptors (Lipinski definition) is 5. The zero-order chi connectivity index (χ0) is 18.8. The normalized spacial score (nSPS) is 32.6. The molecule has 4 N–H and O–H groups in total. The van der Waals surface area contributed by atoms with Crippen LogP contribution in [-0.2, 0) is 16.0 Å². The molecule has 142 valence electrons. The number of aliphatic carboxylic acids is 1. The number of carboxylic acids is 1. The number of piperidine rings is 2. The maximum atomic E-state index is 12.1. The van der Waals surface area contributed by atoms with Gasteiger partial charge in [0, 0.05) is 22.7 Å². The van der Waals surface area contributed by atoms with Crippen LogP contribution in [0, 0.1) is 11.3 Å². The fourth-order valence-electron chi connectivity index (χ4n) is 4.83. The van der Waals surface area contributed by atoms with Crippen molar-refractivity contribution in [3.63, 3.8) is 0 Å². The minimum atomic E-state index is -0.868. The highest BCUT2D eigenvalue weighted by Crippen LogP contribution is 2.53. The van der Waals surface area contributed by atoms with Crippen LogP contribution in [-0.4, -0.2) is 46.2 Å². The highest BCUT2D eigenvalue weighted by molar-refractivity contribution is 7.80. The molecular weight excluding hydrogens is 352 g/mol. The Morgan fingerprint density at radius 3 is 2.46 bits per heavy atom. The molecule has 1 aromatic rings. The fraction of sp³-hybridized carbons (Fsp3) is 0.579. The lowest BCUT2D eigenvalue weighted by molar-refractivity contribution is -0.164. The van der Waals surface area contributed by atoms with Crippen LogP contribution in [0.3, 0.4) is 0 Å². The third kappa shape index (κ3) is 3.23. The molecular formula is C19H26N2O4S. The van der Waals surface area contributed by atoms with Crippen molar-refractivity contribution in [1.29, 1.82) is 0 Å². The van der Waals surface area contributed by atoms with Gasteiger partial charge in [-0.25, -0.2) is 0 Å². The van der Waals surface area contributed by atoms with Gasteiger partial charge in [-0.3, -0.25) is 14.9 Å². The molecule has 2 saturated heterocycles. The topological polar surface area (TPSA) is 98.7 Å². The van der Waals surface area contributed by atoms with Crippen LogP contribution in [0.15, 0.2) is 30.3 Å². The number of carboxylic acid groups (broad SMARTS) is 1. The molecule has 3 fully saturated rings. The molecule has 0 radical (unpaired) electrons. The summed E-state index contributed by atoms with van der Waals surface area (Å²) in [7, 11) is 0. The summed E-state index contributed by atoms with van der Waals surface area (Å²) in [6.07, 6.45) is 2.82. The summed E-state index contributed by atoms with van der Waals surface area (Å²) in [5, 5.41) is 26.8. The molecule has 26 heavy (non-hydrogen) atoms. The number of carbonyl (C=O) groups excluding carboxylic acids is 1. The van der Waals surface area contributed by atoms with Crippen LogP contribution in [0.25, 0.3) is 0 Å². The van der Waals surface area contributed by atoms with Crippen molar-refractivity contribution < 1.29 is 19.8 Å². The minimum absolute atomic E-state index is 0.249. The minimum Gasteiger partial charge on any atom is -0.481 e. The number of rotatable bonds is 8. The van der Waals surface area contributed by atoms with E-state index >= 15 is 0 Å². The zero-order valence-corrected chi connectivity index (χ0v) is 15.5. The molecule has 1 aromatic carbocycles. The van der Waals surface area contributed by atoms with Crippen molar-refractivity contribution >= 4 is 25.0 Å². The number of aliphatic hydroxyl groups excluding tert-OH is 1. The van der Waals surface area contributed by atoms with Gasteiger partial charge in [-0.2, -0.15) is 12.6 Å². The van der Waals surface area contributed by atoms with E-state index in [1.807, 2.05) is 30.3 Å². The molecule has 1 amide bonds. The van der Waals surface area contributed by atoms with E-state index in [1.54, 1.807) is 0 Å². The van der Waals surface area contributed by atoms with Gasteiger partial charge in [0.1, 0.15) is 6.23 Å². The van der Waals surface area contributed by atoms with Crippen LogP contribution < -0.4 is 10.6 Å². The zero-order valence-electron chi connectivity index (χ0n) is 14.6. The Bertz CT molecular complexity index is 646. The maximum absolute atomic E-state index is 12.1. The van der Waals surface area contributed by atoms with Crippen molar-refractivity contribution in [2.24, 2.45) is 11.3 Å². The third-order valence-corrected chi connectivity index (χ3v) is 6.80. The second-order valence-electron chi connectivity index (χ2n) is 7.54. The molecule has 0 spiro atoms. The highest BCUT2D eigenvalue weighted by Gasteiger charge is 2.60. The van der Waals surface area contributed by atoms with Crippen LogP contribution in [0.4, 0.5) is 0 Å². The Hall–Kier alpha value is -1.57. The quantitative estimate of drug-likeness (QED) is 0.346. The lowest BCUT2D eigenvalue weighted by Crippen LogP contribution is -2.73. The second-order valence-corrected chi connectivity index (χ2v) is 7.90. The summed E-state index contributed by atoms with van der Waals surface area (Å²) >= 11 is 4.33. The van der Waals surface area contributed by atoms with Crippen LogP contribution in [0.1, 0.15) is 31.2 Å². The van der Waals surface area contributed by atoms with E-state index in [9.17, 15) is 19.8 Å². The van der Waals surface area contributed by atoms with Crippen molar-refractivity contribution in [1.82, 2.24) is 10.6 Å². The molecule has 2 bridgehead atoms. The van der Waals surface area contributed by atoms with E-state index in [1.165, 1.54) is 0 Å². The van der Waals surface area contributed by atoms with Crippen LogP contribution in [0.2, 0.25) is 0 Å². The standard InChI is InChI=1S/C19H26N2O4S/c22-12-20-15(11-26)18-6-8-19(9-7-18,21-17(18)25)14(16(23)24)10-13-4-2-1-3-5-13/h1-5,12,14-15,17,21,25-26H,6-11H2,(H,20,22)(H,23,24). The molecule has 3 aliphatic rings. The lowest BCUT2D eigenvalue weighted by Gasteiger charge is -2.60. The first-order chi connectivity index (χ1) is 12.5. The average Bonchev–Trinajstić information content (AvgIpc) is 2.65. The number of benzene rings is 1. The van der Waals surface area contributed by atoms with Crippen LogP contribution >= 0.6 is 12.6 Å². The molecule has 4 rings (SSSR count). The van der Waals surface area contributed by atoms with E-state index in [4.69, 9.17) is 0 Å². The van der Waals surface area contributed by atoms with E-state index in [0.29, 0.717) is 44.3 Å². The number of aliphatic hydroxyl groups is 1. The molecule has 3 atom stereocenters.